The van der Waals surface area contributed by atoms with Gasteiger partial charge in [-0.05, 0) is 12.2 Å². The summed E-state index contributed by atoms with van der Waals surface area (Å²) in [5.41, 5.74) is 2.82. The lowest BCUT2D eigenvalue weighted by Crippen LogP contribution is -2.29. The van der Waals surface area contributed by atoms with Gasteiger partial charge in [-0.3, -0.25) is 0 Å². The second-order valence-electron chi connectivity index (χ2n) is 1.84. The molecule has 0 rings (SSSR count). The molecule has 0 aromatic heterocycles. The minimum atomic E-state index is 0.467. The topological polar surface area (TPSA) is 39.7 Å². The molecule has 58 valence electrons. The molecule has 0 saturated carbocycles. The van der Waals surface area contributed by atoms with Crippen molar-refractivity contribution >= 4 is 23.7 Å². The van der Waals surface area contributed by atoms with E-state index in [0.717, 1.165) is 0 Å². The molecule has 0 radical (unpaired) electrons. The number of hydrazine groups is 1. The molecule has 0 aliphatic rings. The Morgan fingerprint density at radius 2 is 2.20 bits per heavy atom. The van der Waals surface area contributed by atoms with Crippen molar-refractivity contribution in [1.29, 1.82) is 0 Å². The third-order valence-corrected chi connectivity index (χ3v) is 1.02. The summed E-state index contributed by atoms with van der Waals surface area (Å²) in [6.07, 6.45) is 1.53. The van der Waals surface area contributed by atoms with Gasteiger partial charge in [-0.2, -0.15) is 0 Å². The SMILES string of the molecule is CNC(=S)/N=C\NN(C)C. The summed E-state index contributed by atoms with van der Waals surface area (Å²) in [5, 5.41) is 4.95. The Morgan fingerprint density at radius 3 is 2.60 bits per heavy atom. The van der Waals surface area contributed by atoms with E-state index in [2.05, 4.69) is 15.7 Å². The van der Waals surface area contributed by atoms with Crippen LogP contribution in [0.3, 0.4) is 0 Å². The van der Waals surface area contributed by atoms with Gasteiger partial charge in [0.15, 0.2) is 5.11 Å². The lowest BCUT2D eigenvalue weighted by Gasteiger charge is -2.06. The molecule has 0 atom stereocenters. The molecule has 0 unspecified atom stereocenters. The molecule has 0 fully saturated rings. The third-order valence-electron chi connectivity index (χ3n) is 0.712. The number of aliphatic imine (C=N–C) groups is 1. The van der Waals surface area contributed by atoms with Crippen molar-refractivity contribution in [3.05, 3.63) is 0 Å². The predicted molar refractivity (Wildman–Crippen MR) is 47.0 cm³/mol. The maximum atomic E-state index is 4.74. The molecule has 0 saturated heterocycles. The Bertz CT molecular complexity index is 132. The van der Waals surface area contributed by atoms with Crippen LogP contribution >= 0.6 is 12.2 Å². The van der Waals surface area contributed by atoms with Gasteiger partial charge in [-0.15, -0.1) is 0 Å². The van der Waals surface area contributed by atoms with Crippen molar-refractivity contribution in [3.63, 3.8) is 0 Å². The van der Waals surface area contributed by atoms with E-state index in [-0.39, 0.29) is 0 Å². The fraction of sp³-hybridized carbons (Fsp3) is 0.600. The van der Waals surface area contributed by atoms with E-state index in [1.54, 1.807) is 12.1 Å². The molecule has 5 heteroatoms. The van der Waals surface area contributed by atoms with E-state index in [9.17, 15) is 0 Å². The maximum absolute atomic E-state index is 4.74. The number of hydrogen-bond donors (Lipinski definition) is 2. The quantitative estimate of drug-likeness (QED) is 0.249. The number of rotatable bonds is 2. The van der Waals surface area contributed by atoms with Gasteiger partial charge in [0.1, 0.15) is 6.34 Å². The zero-order valence-electron chi connectivity index (χ0n) is 6.38. The Labute approximate surface area is 66.3 Å². The molecule has 0 amide bonds. The van der Waals surface area contributed by atoms with Gasteiger partial charge in [0, 0.05) is 21.1 Å². The highest BCUT2D eigenvalue weighted by molar-refractivity contribution is 7.80. The first-order valence-electron chi connectivity index (χ1n) is 2.84. The summed E-state index contributed by atoms with van der Waals surface area (Å²) in [5.74, 6) is 0. The van der Waals surface area contributed by atoms with Gasteiger partial charge in [-0.25, -0.2) is 10.0 Å². The summed E-state index contributed by atoms with van der Waals surface area (Å²) < 4.78 is 0. The highest BCUT2D eigenvalue weighted by Crippen LogP contribution is 1.68. The monoisotopic (exact) mass is 160 g/mol. The van der Waals surface area contributed by atoms with Crippen LogP contribution in [0.2, 0.25) is 0 Å². The molecule has 0 aliphatic carbocycles. The van der Waals surface area contributed by atoms with Crippen molar-refractivity contribution in [2.75, 3.05) is 21.1 Å². The van der Waals surface area contributed by atoms with Crippen molar-refractivity contribution in [2.45, 2.75) is 0 Å². The molecule has 4 nitrogen and oxygen atoms in total. The minimum absolute atomic E-state index is 0.467. The van der Waals surface area contributed by atoms with E-state index in [1.807, 2.05) is 14.1 Å². The van der Waals surface area contributed by atoms with Crippen molar-refractivity contribution in [3.8, 4) is 0 Å². The molecule has 0 aliphatic heterocycles. The van der Waals surface area contributed by atoms with Crippen LogP contribution in [-0.4, -0.2) is 37.6 Å². The summed E-state index contributed by atoms with van der Waals surface area (Å²) in [6, 6.07) is 0. The molecular formula is C5H12N4S. The van der Waals surface area contributed by atoms with E-state index >= 15 is 0 Å². The van der Waals surface area contributed by atoms with Gasteiger partial charge in [-0.1, -0.05) is 0 Å². The minimum Gasteiger partial charge on any atom is -0.364 e. The Kier molecular flexibility index (Phi) is 4.78. The van der Waals surface area contributed by atoms with E-state index in [0.29, 0.717) is 5.11 Å². The number of nitrogens with zero attached hydrogens (tertiary/aromatic N) is 2. The van der Waals surface area contributed by atoms with Crippen LogP contribution in [0.15, 0.2) is 4.99 Å². The van der Waals surface area contributed by atoms with Crippen LogP contribution in [0.4, 0.5) is 0 Å². The van der Waals surface area contributed by atoms with Crippen LogP contribution in [-0.2, 0) is 0 Å². The Hall–Kier alpha value is -0.680. The van der Waals surface area contributed by atoms with Gasteiger partial charge in [0.05, 0.1) is 0 Å². The molecule has 0 aromatic rings. The summed E-state index contributed by atoms with van der Waals surface area (Å²) in [6.45, 7) is 0. The number of hydrogen-bond acceptors (Lipinski definition) is 2. The summed E-state index contributed by atoms with van der Waals surface area (Å²) >= 11 is 4.74. The highest BCUT2D eigenvalue weighted by Gasteiger charge is 1.82. The normalized spacial score (nSPS) is 10.4. The molecule has 10 heavy (non-hydrogen) atoms. The number of thiocarbonyl (C=S) groups is 1. The van der Waals surface area contributed by atoms with Crippen molar-refractivity contribution in [2.24, 2.45) is 4.99 Å². The molecular weight excluding hydrogens is 148 g/mol. The zero-order valence-corrected chi connectivity index (χ0v) is 7.20. The highest BCUT2D eigenvalue weighted by atomic mass is 32.1. The van der Waals surface area contributed by atoms with Crippen LogP contribution in [0, 0.1) is 0 Å². The van der Waals surface area contributed by atoms with Gasteiger partial charge >= 0.3 is 0 Å². The second kappa shape index (κ2) is 5.13. The van der Waals surface area contributed by atoms with Crippen LogP contribution in [0.1, 0.15) is 0 Å². The second-order valence-corrected chi connectivity index (χ2v) is 2.22. The molecule has 0 bridgehead atoms. The first-order valence-corrected chi connectivity index (χ1v) is 3.25. The average molecular weight is 160 g/mol. The van der Waals surface area contributed by atoms with Crippen molar-refractivity contribution < 1.29 is 0 Å². The maximum Gasteiger partial charge on any atom is 0.193 e. The number of nitrogens with one attached hydrogen (secondary N) is 2. The molecule has 0 aromatic carbocycles. The fourth-order valence-electron chi connectivity index (χ4n) is 0.268. The average Bonchev–Trinajstić information content (AvgIpc) is 1.87. The molecule has 0 heterocycles. The largest absolute Gasteiger partial charge is 0.364 e. The standard InChI is InChI=1S/C5H12N4S/c1-6-5(10)7-4-8-9(2)3/h4H,1-3H3,(H2,6,7,8,10). The third kappa shape index (κ3) is 5.46. The van der Waals surface area contributed by atoms with Crippen molar-refractivity contribution in [1.82, 2.24) is 15.8 Å². The summed E-state index contributed by atoms with van der Waals surface area (Å²) in [4.78, 5) is 3.83. The lowest BCUT2D eigenvalue weighted by molar-refractivity contribution is 0.368. The lowest BCUT2D eigenvalue weighted by atomic mass is 11.0. The first-order chi connectivity index (χ1) is 4.66. The van der Waals surface area contributed by atoms with Crippen LogP contribution < -0.4 is 10.7 Å². The van der Waals surface area contributed by atoms with E-state index < -0.39 is 0 Å². The van der Waals surface area contributed by atoms with E-state index in [4.69, 9.17) is 12.2 Å². The van der Waals surface area contributed by atoms with Crippen LogP contribution in [0.25, 0.3) is 0 Å². The molecule has 0 spiro atoms. The smallest absolute Gasteiger partial charge is 0.193 e. The van der Waals surface area contributed by atoms with Crippen LogP contribution in [0.5, 0.6) is 0 Å². The predicted octanol–water partition coefficient (Wildman–Crippen LogP) is -0.415. The van der Waals surface area contributed by atoms with Gasteiger partial charge < -0.3 is 10.7 Å². The first kappa shape index (κ1) is 9.32. The zero-order chi connectivity index (χ0) is 7.98. The fourth-order valence-corrected chi connectivity index (χ4v) is 0.320. The van der Waals surface area contributed by atoms with E-state index in [1.165, 1.54) is 6.34 Å². The van der Waals surface area contributed by atoms with Gasteiger partial charge in [0.25, 0.3) is 0 Å². The summed E-state index contributed by atoms with van der Waals surface area (Å²) in [7, 11) is 5.47. The van der Waals surface area contributed by atoms with Gasteiger partial charge in [0.2, 0.25) is 0 Å². The Balaban J connectivity index is 3.46. The Morgan fingerprint density at radius 1 is 1.60 bits per heavy atom. The molecule has 2 N–H and O–H groups in total.